The zero-order valence-electron chi connectivity index (χ0n) is 9.70. The Hall–Kier alpha value is -0.290. The number of benzene rings is 1. The van der Waals surface area contributed by atoms with Gasteiger partial charge in [-0.15, -0.1) is 0 Å². The van der Waals surface area contributed by atoms with Crippen LogP contribution in [0, 0.1) is 0 Å². The van der Waals surface area contributed by atoms with Gasteiger partial charge in [-0.05, 0) is 38.0 Å². The smallest absolute Gasteiger partial charge is 0.213 e. The minimum Gasteiger partial charge on any atom is -0.215 e. The SMILES string of the molecule is CC(C)S(=O)(=O)NCCc1ccc(Cl)cc1Cl. The minimum atomic E-state index is -3.21. The predicted octanol–water partition coefficient (Wildman–Crippen LogP) is 2.86. The standard InChI is InChI=1S/C11H15Cl2NO2S/c1-8(2)17(15,16)14-6-5-9-3-4-10(12)7-11(9)13/h3-4,7-8,14H,5-6H2,1-2H3. The minimum absolute atomic E-state index is 0.335. The second-order valence-corrected chi connectivity index (χ2v) is 7.14. The predicted molar refractivity (Wildman–Crippen MR) is 72.2 cm³/mol. The van der Waals surface area contributed by atoms with Crippen LogP contribution in [0.2, 0.25) is 10.0 Å². The summed E-state index contributed by atoms with van der Waals surface area (Å²) in [5, 5.41) is 0.700. The summed E-state index contributed by atoms with van der Waals surface area (Å²) in [7, 11) is -3.21. The van der Waals surface area contributed by atoms with Crippen LogP contribution in [0.25, 0.3) is 0 Å². The molecule has 1 N–H and O–H groups in total. The molecule has 6 heteroatoms. The topological polar surface area (TPSA) is 46.2 Å². The van der Waals surface area contributed by atoms with Crippen LogP contribution in [0.15, 0.2) is 18.2 Å². The fraction of sp³-hybridized carbons (Fsp3) is 0.455. The molecule has 3 nitrogen and oxygen atoms in total. The largest absolute Gasteiger partial charge is 0.215 e. The first-order valence-electron chi connectivity index (χ1n) is 5.25. The van der Waals surface area contributed by atoms with Crippen LogP contribution in [0.1, 0.15) is 19.4 Å². The molecule has 1 aromatic rings. The van der Waals surface area contributed by atoms with Gasteiger partial charge in [-0.25, -0.2) is 13.1 Å². The molecule has 1 rings (SSSR count). The lowest BCUT2D eigenvalue weighted by molar-refractivity contribution is 0.572. The lowest BCUT2D eigenvalue weighted by Crippen LogP contribution is -2.32. The van der Waals surface area contributed by atoms with Gasteiger partial charge < -0.3 is 0 Å². The normalized spacial score (nSPS) is 12.1. The second-order valence-electron chi connectivity index (χ2n) is 3.97. The van der Waals surface area contributed by atoms with Gasteiger partial charge in [0.15, 0.2) is 0 Å². The van der Waals surface area contributed by atoms with Gasteiger partial charge in [0, 0.05) is 16.6 Å². The highest BCUT2D eigenvalue weighted by Crippen LogP contribution is 2.21. The van der Waals surface area contributed by atoms with E-state index in [9.17, 15) is 8.42 Å². The average molecular weight is 296 g/mol. The Balaban J connectivity index is 2.58. The van der Waals surface area contributed by atoms with Crippen LogP contribution in [-0.4, -0.2) is 20.2 Å². The molecule has 0 bridgehead atoms. The van der Waals surface area contributed by atoms with Crippen molar-refractivity contribution < 1.29 is 8.42 Å². The van der Waals surface area contributed by atoms with E-state index in [-0.39, 0.29) is 0 Å². The van der Waals surface area contributed by atoms with Gasteiger partial charge in [0.1, 0.15) is 0 Å². The Bertz CT molecular complexity index is 486. The zero-order chi connectivity index (χ0) is 13.1. The molecule has 17 heavy (non-hydrogen) atoms. The van der Waals surface area contributed by atoms with E-state index < -0.39 is 15.3 Å². The van der Waals surface area contributed by atoms with Gasteiger partial charge in [-0.2, -0.15) is 0 Å². The van der Waals surface area contributed by atoms with E-state index >= 15 is 0 Å². The van der Waals surface area contributed by atoms with E-state index in [0.29, 0.717) is 23.0 Å². The molecule has 0 aliphatic heterocycles. The molecule has 1 aromatic carbocycles. The fourth-order valence-electron chi connectivity index (χ4n) is 1.22. The highest BCUT2D eigenvalue weighted by molar-refractivity contribution is 7.90. The molecular weight excluding hydrogens is 281 g/mol. The Morgan fingerprint density at radius 2 is 1.94 bits per heavy atom. The number of sulfonamides is 1. The van der Waals surface area contributed by atoms with Crippen molar-refractivity contribution in [3.05, 3.63) is 33.8 Å². The Kier molecular flexibility index (Phi) is 5.25. The van der Waals surface area contributed by atoms with Crippen molar-refractivity contribution in [2.75, 3.05) is 6.54 Å². The molecule has 0 saturated carbocycles. The van der Waals surface area contributed by atoms with E-state index in [2.05, 4.69) is 4.72 Å². The monoisotopic (exact) mass is 295 g/mol. The van der Waals surface area contributed by atoms with Gasteiger partial charge in [0.2, 0.25) is 10.0 Å². The molecule has 0 unspecified atom stereocenters. The Morgan fingerprint density at radius 3 is 2.47 bits per heavy atom. The average Bonchev–Trinajstić information content (AvgIpc) is 2.21. The summed E-state index contributed by atoms with van der Waals surface area (Å²) in [5.41, 5.74) is 0.877. The van der Waals surface area contributed by atoms with Crippen LogP contribution in [0.3, 0.4) is 0 Å². The van der Waals surface area contributed by atoms with Crippen molar-refractivity contribution in [3.8, 4) is 0 Å². The molecule has 0 atom stereocenters. The molecule has 0 aliphatic carbocycles. The maximum atomic E-state index is 11.5. The van der Waals surface area contributed by atoms with Gasteiger partial charge in [0.25, 0.3) is 0 Å². The number of halogens is 2. The molecule has 0 heterocycles. The van der Waals surface area contributed by atoms with E-state index in [0.717, 1.165) is 5.56 Å². The molecule has 0 aliphatic rings. The van der Waals surface area contributed by atoms with Gasteiger partial charge >= 0.3 is 0 Å². The molecule has 0 radical (unpaired) electrons. The van der Waals surface area contributed by atoms with Gasteiger partial charge in [0.05, 0.1) is 5.25 Å². The fourth-order valence-corrected chi connectivity index (χ4v) is 2.44. The molecular formula is C11H15Cl2NO2S. The quantitative estimate of drug-likeness (QED) is 0.908. The number of hydrogen-bond donors (Lipinski definition) is 1. The number of nitrogens with one attached hydrogen (secondary N) is 1. The van der Waals surface area contributed by atoms with Crippen LogP contribution in [0.5, 0.6) is 0 Å². The summed E-state index contributed by atoms with van der Waals surface area (Å²) < 4.78 is 25.5. The van der Waals surface area contributed by atoms with Crippen LogP contribution < -0.4 is 4.72 Å². The highest BCUT2D eigenvalue weighted by Gasteiger charge is 2.14. The Labute approximate surface area is 112 Å². The van der Waals surface area contributed by atoms with Gasteiger partial charge in [-0.1, -0.05) is 29.3 Å². The molecule has 0 spiro atoms. The molecule has 0 fully saturated rings. The number of hydrogen-bond acceptors (Lipinski definition) is 2. The van der Waals surface area contributed by atoms with Crippen LogP contribution >= 0.6 is 23.2 Å². The van der Waals surface area contributed by atoms with Crippen molar-refractivity contribution in [3.63, 3.8) is 0 Å². The second kappa shape index (κ2) is 6.05. The van der Waals surface area contributed by atoms with E-state index in [1.165, 1.54) is 0 Å². The highest BCUT2D eigenvalue weighted by atomic mass is 35.5. The molecule has 0 amide bonds. The first-order chi connectivity index (χ1) is 7.83. The van der Waals surface area contributed by atoms with Gasteiger partial charge in [-0.3, -0.25) is 0 Å². The van der Waals surface area contributed by atoms with Crippen LogP contribution in [0.4, 0.5) is 0 Å². The van der Waals surface area contributed by atoms with Crippen molar-refractivity contribution >= 4 is 33.2 Å². The summed E-state index contributed by atoms with van der Waals surface area (Å²) in [6, 6.07) is 5.18. The molecule has 96 valence electrons. The van der Waals surface area contributed by atoms with E-state index in [4.69, 9.17) is 23.2 Å². The summed E-state index contributed by atoms with van der Waals surface area (Å²) in [6.07, 6.45) is 0.544. The van der Waals surface area contributed by atoms with Crippen molar-refractivity contribution in [1.29, 1.82) is 0 Å². The maximum Gasteiger partial charge on any atom is 0.213 e. The summed E-state index contributed by atoms with van der Waals surface area (Å²) >= 11 is 11.7. The first-order valence-corrected chi connectivity index (χ1v) is 7.55. The maximum absolute atomic E-state index is 11.5. The van der Waals surface area contributed by atoms with Crippen molar-refractivity contribution in [1.82, 2.24) is 4.72 Å². The van der Waals surface area contributed by atoms with Crippen molar-refractivity contribution in [2.24, 2.45) is 0 Å². The Morgan fingerprint density at radius 1 is 1.29 bits per heavy atom. The summed E-state index contributed by atoms with van der Waals surface area (Å²) in [5.74, 6) is 0. The van der Waals surface area contributed by atoms with Crippen LogP contribution in [-0.2, 0) is 16.4 Å². The molecule has 0 saturated heterocycles. The third-order valence-corrected chi connectivity index (χ3v) is 4.77. The zero-order valence-corrected chi connectivity index (χ0v) is 12.0. The third-order valence-electron chi connectivity index (χ3n) is 2.33. The third kappa shape index (κ3) is 4.47. The summed E-state index contributed by atoms with van der Waals surface area (Å²) in [4.78, 5) is 0. The lowest BCUT2D eigenvalue weighted by atomic mass is 10.1. The van der Waals surface area contributed by atoms with E-state index in [1.807, 2.05) is 0 Å². The lowest BCUT2D eigenvalue weighted by Gasteiger charge is -2.10. The number of rotatable bonds is 5. The molecule has 0 aromatic heterocycles. The summed E-state index contributed by atoms with van der Waals surface area (Å²) in [6.45, 7) is 3.61. The van der Waals surface area contributed by atoms with E-state index in [1.54, 1.807) is 32.0 Å². The first kappa shape index (κ1) is 14.8. The van der Waals surface area contributed by atoms with Crippen molar-refractivity contribution in [2.45, 2.75) is 25.5 Å².